The van der Waals surface area contributed by atoms with Gasteiger partial charge in [-0.1, -0.05) is 18.2 Å². The Morgan fingerprint density at radius 1 is 0.880 bits per heavy atom. The third-order valence-electron chi connectivity index (χ3n) is 4.71. The lowest BCUT2D eigenvalue weighted by molar-refractivity contribution is 0.170. The minimum Gasteiger partial charge on any atom is -0.497 e. The van der Waals surface area contributed by atoms with Crippen LogP contribution < -0.4 is 14.4 Å². The summed E-state index contributed by atoms with van der Waals surface area (Å²) in [7, 11) is 1.67. The first-order chi connectivity index (χ1) is 12.3. The van der Waals surface area contributed by atoms with Gasteiger partial charge in [-0.05, 0) is 42.5 Å². The summed E-state index contributed by atoms with van der Waals surface area (Å²) in [6, 6.07) is 20.3. The number of pyridine rings is 1. The molecular formula is C21H22N2O2. The van der Waals surface area contributed by atoms with E-state index >= 15 is 0 Å². The van der Waals surface area contributed by atoms with Gasteiger partial charge < -0.3 is 14.4 Å². The normalized spacial score (nSPS) is 15.3. The molecule has 1 aliphatic heterocycles. The topological polar surface area (TPSA) is 34.6 Å². The number of ether oxygens (including phenoxy) is 2. The highest BCUT2D eigenvalue weighted by Crippen LogP contribution is 2.25. The lowest BCUT2D eigenvalue weighted by atomic mass is 10.1. The maximum Gasteiger partial charge on any atom is 0.129 e. The third kappa shape index (κ3) is 3.53. The molecule has 2 aromatic carbocycles. The van der Waals surface area contributed by atoms with Gasteiger partial charge in [0.05, 0.1) is 12.6 Å². The zero-order chi connectivity index (χ0) is 17.1. The molecule has 1 aromatic heterocycles. The fraction of sp³-hybridized carbons (Fsp3) is 0.286. The lowest BCUT2D eigenvalue weighted by Gasteiger charge is -2.33. The van der Waals surface area contributed by atoms with Crippen molar-refractivity contribution in [2.24, 2.45) is 0 Å². The molecule has 1 fully saturated rings. The molecule has 0 aliphatic carbocycles. The van der Waals surface area contributed by atoms with Crippen molar-refractivity contribution in [3.8, 4) is 11.5 Å². The molecule has 0 amide bonds. The second-order valence-electron chi connectivity index (χ2n) is 6.34. The number of para-hydroxylation sites is 1. The number of rotatable bonds is 4. The van der Waals surface area contributed by atoms with E-state index in [4.69, 9.17) is 14.5 Å². The number of benzene rings is 2. The van der Waals surface area contributed by atoms with Gasteiger partial charge in [0.15, 0.2) is 0 Å². The molecule has 0 radical (unpaired) electrons. The zero-order valence-electron chi connectivity index (χ0n) is 14.4. The number of anilines is 1. The first-order valence-electron chi connectivity index (χ1n) is 8.73. The Labute approximate surface area is 148 Å². The Bertz CT molecular complexity index is 840. The first kappa shape index (κ1) is 15.8. The summed E-state index contributed by atoms with van der Waals surface area (Å²) >= 11 is 0. The van der Waals surface area contributed by atoms with Crippen LogP contribution in [0.2, 0.25) is 0 Å². The predicted octanol–water partition coefficient (Wildman–Crippen LogP) is 4.29. The number of methoxy groups -OCH3 is 1. The van der Waals surface area contributed by atoms with E-state index in [0.717, 1.165) is 48.8 Å². The molecule has 1 saturated heterocycles. The van der Waals surface area contributed by atoms with Gasteiger partial charge in [-0.3, -0.25) is 0 Å². The van der Waals surface area contributed by atoms with Crippen LogP contribution in [0.5, 0.6) is 11.5 Å². The van der Waals surface area contributed by atoms with Crippen molar-refractivity contribution in [3.63, 3.8) is 0 Å². The Morgan fingerprint density at radius 2 is 1.60 bits per heavy atom. The van der Waals surface area contributed by atoms with Crippen molar-refractivity contribution in [1.29, 1.82) is 0 Å². The summed E-state index contributed by atoms with van der Waals surface area (Å²) < 4.78 is 11.3. The molecule has 2 heterocycles. The SMILES string of the molecule is COc1ccc(OC2CCN(c3ccc4ccccc4n3)CC2)cc1. The van der Waals surface area contributed by atoms with Crippen LogP contribution >= 0.6 is 0 Å². The van der Waals surface area contributed by atoms with Crippen LogP contribution in [0.3, 0.4) is 0 Å². The summed E-state index contributed by atoms with van der Waals surface area (Å²) in [5.74, 6) is 2.81. The zero-order valence-corrected chi connectivity index (χ0v) is 14.4. The average Bonchev–Trinajstić information content (AvgIpc) is 2.69. The number of piperidine rings is 1. The van der Waals surface area contributed by atoms with Gasteiger partial charge in [0, 0.05) is 31.3 Å². The van der Waals surface area contributed by atoms with E-state index in [0.29, 0.717) is 0 Å². The van der Waals surface area contributed by atoms with Crippen molar-refractivity contribution < 1.29 is 9.47 Å². The molecule has 0 bridgehead atoms. The highest BCUT2D eigenvalue weighted by Gasteiger charge is 2.21. The van der Waals surface area contributed by atoms with Gasteiger partial charge in [-0.2, -0.15) is 0 Å². The first-order valence-corrected chi connectivity index (χ1v) is 8.73. The number of nitrogens with zero attached hydrogens (tertiary/aromatic N) is 2. The van der Waals surface area contributed by atoms with E-state index in [1.165, 1.54) is 5.39 Å². The van der Waals surface area contributed by atoms with Crippen molar-refractivity contribution in [1.82, 2.24) is 4.98 Å². The molecule has 0 spiro atoms. The standard InChI is InChI=1S/C21H22N2O2/c1-24-17-7-9-18(10-8-17)25-19-12-14-23(15-13-19)21-11-6-16-4-2-3-5-20(16)22-21/h2-11,19H,12-15H2,1H3. The highest BCUT2D eigenvalue weighted by atomic mass is 16.5. The molecule has 1 aliphatic rings. The molecule has 0 N–H and O–H groups in total. The molecular weight excluding hydrogens is 312 g/mol. The van der Waals surface area contributed by atoms with Crippen molar-refractivity contribution in [2.45, 2.75) is 18.9 Å². The van der Waals surface area contributed by atoms with Crippen LogP contribution in [0, 0.1) is 0 Å². The largest absolute Gasteiger partial charge is 0.497 e. The van der Waals surface area contributed by atoms with Crippen LogP contribution in [0.25, 0.3) is 10.9 Å². The molecule has 4 rings (SSSR count). The summed E-state index contributed by atoms with van der Waals surface area (Å²) in [6.45, 7) is 1.93. The van der Waals surface area contributed by atoms with Crippen molar-refractivity contribution in [2.75, 3.05) is 25.1 Å². The van der Waals surface area contributed by atoms with Gasteiger partial charge in [0.25, 0.3) is 0 Å². The smallest absolute Gasteiger partial charge is 0.129 e. The molecule has 0 atom stereocenters. The summed E-state index contributed by atoms with van der Waals surface area (Å²) in [4.78, 5) is 7.15. The van der Waals surface area contributed by atoms with E-state index in [-0.39, 0.29) is 6.10 Å². The molecule has 4 nitrogen and oxygen atoms in total. The minimum atomic E-state index is 0.255. The fourth-order valence-corrected chi connectivity index (χ4v) is 3.28. The Hall–Kier alpha value is -2.75. The second kappa shape index (κ2) is 7.01. The maximum atomic E-state index is 6.11. The van der Waals surface area contributed by atoms with E-state index in [9.17, 15) is 0 Å². The van der Waals surface area contributed by atoms with Gasteiger partial charge in [-0.15, -0.1) is 0 Å². The molecule has 4 heteroatoms. The van der Waals surface area contributed by atoms with Crippen LogP contribution in [0.15, 0.2) is 60.7 Å². The van der Waals surface area contributed by atoms with E-state index in [2.05, 4.69) is 29.2 Å². The highest BCUT2D eigenvalue weighted by molar-refractivity contribution is 5.80. The summed E-state index contributed by atoms with van der Waals surface area (Å²) in [6.07, 6.45) is 2.26. The Kier molecular flexibility index (Phi) is 4.42. The van der Waals surface area contributed by atoms with Gasteiger partial charge in [0.2, 0.25) is 0 Å². The van der Waals surface area contributed by atoms with E-state index in [1.807, 2.05) is 36.4 Å². The number of hydrogen-bond donors (Lipinski definition) is 0. The minimum absolute atomic E-state index is 0.255. The number of fused-ring (bicyclic) bond motifs is 1. The van der Waals surface area contributed by atoms with Gasteiger partial charge >= 0.3 is 0 Å². The average molecular weight is 334 g/mol. The predicted molar refractivity (Wildman–Crippen MR) is 101 cm³/mol. The van der Waals surface area contributed by atoms with Crippen LogP contribution in [0.4, 0.5) is 5.82 Å². The van der Waals surface area contributed by atoms with Gasteiger partial charge in [-0.25, -0.2) is 4.98 Å². The maximum absolute atomic E-state index is 6.11. The van der Waals surface area contributed by atoms with Crippen LogP contribution in [0.1, 0.15) is 12.8 Å². The van der Waals surface area contributed by atoms with Crippen LogP contribution in [-0.2, 0) is 0 Å². The van der Waals surface area contributed by atoms with Crippen molar-refractivity contribution >= 4 is 16.7 Å². The molecule has 25 heavy (non-hydrogen) atoms. The Morgan fingerprint density at radius 3 is 2.36 bits per heavy atom. The Balaban J connectivity index is 1.38. The van der Waals surface area contributed by atoms with Gasteiger partial charge in [0.1, 0.15) is 23.4 Å². The lowest BCUT2D eigenvalue weighted by Crippen LogP contribution is -2.38. The third-order valence-corrected chi connectivity index (χ3v) is 4.71. The van der Waals surface area contributed by atoms with Crippen LogP contribution in [-0.4, -0.2) is 31.3 Å². The second-order valence-corrected chi connectivity index (χ2v) is 6.34. The quantitative estimate of drug-likeness (QED) is 0.713. The van der Waals surface area contributed by atoms with E-state index in [1.54, 1.807) is 7.11 Å². The molecule has 0 unspecified atom stereocenters. The molecule has 128 valence electrons. The summed E-state index contributed by atoms with van der Waals surface area (Å²) in [5.41, 5.74) is 1.05. The molecule has 3 aromatic rings. The fourth-order valence-electron chi connectivity index (χ4n) is 3.28. The number of hydrogen-bond acceptors (Lipinski definition) is 4. The molecule has 0 saturated carbocycles. The van der Waals surface area contributed by atoms with Crippen molar-refractivity contribution in [3.05, 3.63) is 60.7 Å². The monoisotopic (exact) mass is 334 g/mol. The summed E-state index contributed by atoms with van der Waals surface area (Å²) in [5, 5.41) is 1.18. The number of aromatic nitrogens is 1. The van der Waals surface area contributed by atoms with E-state index < -0.39 is 0 Å².